The first-order valence-electron chi connectivity index (χ1n) is 8.33. The summed E-state index contributed by atoms with van der Waals surface area (Å²) in [5.74, 6) is -1.27. The van der Waals surface area contributed by atoms with Gasteiger partial charge in [0.05, 0.1) is 10.8 Å². The molecule has 2 heterocycles. The number of piperazine rings is 1. The zero-order chi connectivity index (χ0) is 17.3. The van der Waals surface area contributed by atoms with Gasteiger partial charge in [-0.1, -0.05) is 0 Å². The highest BCUT2D eigenvalue weighted by molar-refractivity contribution is 7.13. The Kier molecular flexibility index (Phi) is 4.89. The summed E-state index contributed by atoms with van der Waals surface area (Å²) < 4.78 is 0. The molecule has 7 heteroatoms. The molecule has 0 spiro atoms. The van der Waals surface area contributed by atoms with Gasteiger partial charge in [-0.3, -0.25) is 14.4 Å². The van der Waals surface area contributed by atoms with E-state index in [-0.39, 0.29) is 23.7 Å². The van der Waals surface area contributed by atoms with Crippen LogP contribution in [0, 0.1) is 18.8 Å². The minimum absolute atomic E-state index is 0.0343. The first kappa shape index (κ1) is 17.0. The minimum Gasteiger partial charge on any atom is -0.481 e. The lowest BCUT2D eigenvalue weighted by Crippen LogP contribution is -2.51. The van der Waals surface area contributed by atoms with Crippen molar-refractivity contribution in [2.75, 3.05) is 26.2 Å². The molecule has 1 aliphatic carbocycles. The van der Waals surface area contributed by atoms with E-state index in [1.54, 1.807) is 9.80 Å². The van der Waals surface area contributed by atoms with Crippen LogP contribution < -0.4 is 0 Å². The Bertz CT molecular complexity index is 649. The van der Waals surface area contributed by atoms with Crippen molar-refractivity contribution in [3.8, 4) is 0 Å². The molecule has 0 radical (unpaired) electrons. The second kappa shape index (κ2) is 6.93. The van der Waals surface area contributed by atoms with Gasteiger partial charge >= 0.3 is 5.97 Å². The summed E-state index contributed by atoms with van der Waals surface area (Å²) in [6.45, 7) is 4.11. The molecule has 1 aromatic heterocycles. The number of aliphatic carboxylic acids is 1. The van der Waals surface area contributed by atoms with Crippen LogP contribution in [0.15, 0.2) is 12.1 Å². The van der Waals surface area contributed by atoms with Gasteiger partial charge in [-0.05, 0) is 38.3 Å². The van der Waals surface area contributed by atoms with Gasteiger partial charge in [0, 0.05) is 37.0 Å². The normalized spacial score (nSPS) is 24.2. The molecular weight excluding hydrogens is 328 g/mol. The Morgan fingerprint density at radius 1 is 1.04 bits per heavy atom. The number of carboxylic acids is 1. The summed E-state index contributed by atoms with van der Waals surface area (Å²) in [5.41, 5.74) is 0. The highest BCUT2D eigenvalue weighted by Crippen LogP contribution is 2.32. The maximum absolute atomic E-state index is 12.5. The summed E-state index contributed by atoms with van der Waals surface area (Å²) in [7, 11) is 0. The number of hydrogen-bond acceptors (Lipinski definition) is 4. The molecule has 3 rings (SSSR count). The quantitative estimate of drug-likeness (QED) is 0.902. The maximum Gasteiger partial charge on any atom is 0.306 e. The lowest BCUT2D eigenvalue weighted by atomic mass is 10.0. The number of carbonyl (C=O) groups is 3. The first-order chi connectivity index (χ1) is 11.5. The maximum atomic E-state index is 12.5. The monoisotopic (exact) mass is 350 g/mol. The van der Waals surface area contributed by atoms with Crippen molar-refractivity contribution in [1.82, 2.24) is 9.80 Å². The number of carbonyl (C=O) groups excluding carboxylic acids is 2. The predicted molar refractivity (Wildman–Crippen MR) is 90.0 cm³/mol. The molecular formula is C17H22N2O4S. The molecule has 0 unspecified atom stereocenters. The van der Waals surface area contributed by atoms with Crippen LogP contribution in [0.2, 0.25) is 0 Å². The summed E-state index contributed by atoms with van der Waals surface area (Å²) in [6, 6.07) is 3.79. The fourth-order valence-electron chi connectivity index (χ4n) is 3.52. The lowest BCUT2D eigenvalue weighted by molar-refractivity contribution is -0.142. The van der Waals surface area contributed by atoms with E-state index < -0.39 is 5.97 Å². The SMILES string of the molecule is Cc1ccc(C(=O)N2CCN(C(=O)[C@@H]3CC[C@H](C(=O)O)C3)CC2)s1. The van der Waals surface area contributed by atoms with E-state index in [1.807, 2.05) is 19.1 Å². The second-order valence-electron chi connectivity index (χ2n) is 6.57. The van der Waals surface area contributed by atoms with Crippen molar-refractivity contribution in [2.24, 2.45) is 11.8 Å². The van der Waals surface area contributed by atoms with Crippen molar-refractivity contribution in [3.63, 3.8) is 0 Å². The van der Waals surface area contributed by atoms with E-state index in [0.717, 1.165) is 9.75 Å². The molecule has 2 atom stereocenters. The highest BCUT2D eigenvalue weighted by atomic mass is 32.1. The first-order valence-corrected chi connectivity index (χ1v) is 9.14. The molecule has 1 N–H and O–H groups in total. The van der Waals surface area contributed by atoms with Crippen LogP contribution in [-0.2, 0) is 9.59 Å². The third-order valence-corrected chi connectivity index (χ3v) is 5.95. The molecule has 2 aliphatic rings. The van der Waals surface area contributed by atoms with Crippen molar-refractivity contribution in [2.45, 2.75) is 26.2 Å². The summed E-state index contributed by atoms with van der Waals surface area (Å²) in [5, 5.41) is 9.06. The van der Waals surface area contributed by atoms with Crippen LogP contribution in [0.3, 0.4) is 0 Å². The zero-order valence-electron chi connectivity index (χ0n) is 13.7. The number of carboxylic acid groups (broad SMARTS) is 1. The van der Waals surface area contributed by atoms with Crippen molar-refractivity contribution in [1.29, 1.82) is 0 Å². The van der Waals surface area contributed by atoms with Crippen LogP contribution in [0.4, 0.5) is 0 Å². The zero-order valence-corrected chi connectivity index (χ0v) is 14.6. The van der Waals surface area contributed by atoms with Gasteiger partial charge in [0.1, 0.15) is 0 Å². The molecule has 24 heavy (non-hydrogen) atoms. The van der Waals surface area contributed by atoms with Crippen LogP contribution in [0.25, 0.3) is 0 Å². The van der Waals surface area contributed by atoms with E-state index >= 15 is 0 Å². The lowest BCUT2D eigenvalue weighted by Gasteiger charge is -2.35. The van der Waals surface area contributed by atoms with Gasteiger partial charge in [0.25, 0.3) is 5.91 Å². The van der Waals surface area contributed by atoms with Gasteiger partial charge in [-0.2, -0.15) is 0 Å². The third kappa shape index (κ3) is 3.45. The van der Waals surface area contributed by atoms with Crippen molar-refractivity contribution in [3.05, 3.63) is 21.9 Å². The largest absolute Gasteiger partial charge is 0.481 e. The van der Waals surface area contributed by atoms with E-state index in [2.05, 4.69) is 0 Å². The number of aryl methyl sites for hydroxylation is 1. The molecule has 2 fully saturated rings. The Morgan fingerprint density at radius 3 is 2.21 bits per heavy atom. The number of rotatable bonds is 3. The molecule has 130 valence electrons. The molecule has 2 amide bonds. The van der Waals surface area contributed by atoms with Gasteiger partial charge < -0.3 is 14.9 Å². The Hall–Kier alpha value is -1.89. The Morgan fingerprint density at radius 2 is 1.67 bits per heavy atom. The second-order valence-corrected chi connectivity index (χ2v) is 7.86. The third-order valence-electron chi connectivity index (χ3n) is 4.96. The summed E-state index contributed by atoms with van der Waals surface area (Å²) in [4.78, 5) is 41.5. The number of thiophene rings is 1. The number of hydrogen-bond donors (Lipinski definition) is 1. The molecule has 0 bridgehead atoms. The van der Waals surface area contributed by atoms with Gasteiger partial charge in [-0.15, -0.1) is 11.3 Å². The molecule has 6 nitrogen and oxygen atoms in total. The minimum atomic E-state index is -0.799. The number of nitrogens with zero attached hydrogens (tertiary/aromatic N) is 2. The van der Waals surface area contributed by atoms with Gasteiger partial charge in [0.2, 0.25) is 5.91 Å². The number of amides is 2. The smallest absolute Gasteiger partial charge is 0.306 e. The van der Waals surface area contributed by atoms with E-state index in [1.165, 1.54) is 11.3 Å². The average molecular weight is 350 g/mol. The van der Waals surface area contributed by atoms with Gasteiger partial charge in [-0.25, -0.2) is 0 Å². The average Bonchev–Trinajstić information content (AvgIpc) is 3.23. The molecule has 1 aliphatic heterocycles. The van der Waals surface area contributed by atoms with Gasteiger partial charge in [0.15, 0.2) is 0 Å². The fraction of sp³-hybridized carbons (Fsp3) is 0.588. The summed E-state index contributed by atoms with van der Waals surface area (Å²) in [6.07, 6.45) is 1.69. The van der Waals surface area contributed by atoms with E-state index in [0.29, 0.717) is 45.4 Å². The molecule has 0 aromatic carbocycles. The molecule has 1 aromatic rings. The Labute approximate surface area is 145 Å². The highest BCUT2D eigenvalue weighted by Gasteiger charge is 2.37. The topological polar surface area (TPSA) is 77.9 Å². The van der Waals surface area contributed by atoms with E-state index in [4.69, 9.17) is 5.11 Å². The molecule has 1 saturated heterocycles. The summed E-state index contributed by atoms with van der Waals surface area (Å²) >= 11 is 1.49. The van der Waals surface area contributed by atoms with Crippen molar-refractivity contribution >= 4 is 29.1 Å². The van der Waals surface area contributed by atoms with E-state index in [9.17, 15) is 14.4 Å². The molecule has 1 saturated carbocycles. The van der Waals surface area contributed by atoms with Crippen molar-refractivity contribution < 1.29 is 19.5 Å². The van der Waals surface area contributed by atoms with Crippen LogP contribution in [-0.4, -0.2) is 58.9 Å². The fourth-order valence-corrected chi connectivity index (χ4v) is 4.36. The Balaban J connectivity index is 1.52. The van der Waals surface area contributed by atoms with Crippen LogP contribution in [0.1, 0.15) is 33.8 Å². The van der Waals surface area contributed by atoms with Crippen LogP contribution in [0.5, 0.6) is 0 Å². The van der Waals surface area contributed by atoms with Crippen LogP contribution >= 0.6 is 11.3 Å². The standard InChI is InChI=1S/C17H22N2O4S/c1-11-2-5-14(24-11)16(21)19-8-6-18(7-9-19)15(20)12-3-4-13(10-12)17(22)23/h2,5,12-13H,3-4,6-10H2,1H3,(H,22,23)/t12-,13+/m1/s1. The predicted octanol–water partition coefficient (Wildman–Crippen LogP) is 1.84.